The lowest BCUT2D eigenvalue weighted by atomic mass is 10.2. The molecule has 0 radical (unpaired) electrons. The summed E-state index contributed by atoms with van der Waals surface area (Å²) in [6, 6.07) is -0.125. The Morgan fingerprint density at radius 1 is 1.50 bits per heavy atom. The van der Waals surface area contributed by atoms with E-state index >= 15 is 0 Å². The van der Waals surface area contributed by atoms with Gasteiger partial charge in [-0.2, -0.15) is 4.72 Å². The second-order valence-corrected chi connectivity index (χ2v) is 5.76. The van der Waals surface area contributed by atoms with Crippen LogP contribution in [-0.4, -0.2) is 43.6 Å². The first-order valence-electron chi connectivity index (χ1n) is 5.83. The highest BCUT2D eigenvalue weighted by Gasteiger charge is 2.26. The third kappa shape index (κ3) is 3.81. The van der Waals surface area contributed by atoms with Gasteiger partial charge in [-0.05, 0) is 12.5 Å². The highest BCUT2D eigenvalue weighted by atomic mass is 32.2. The molecule has 1 heterocycles. The van der Waals surface area contributed by atoms with Crippen molar-refractivity contribution in [3.63, 3.8) is 0 Å². The molecule has 1 atom stereocenters. The van der Waals surface area contributed by atoms with E-state index in [0.717, 1.165) is 19.4 Å². The number of aromatic nitrogens is 1. The van der Waals surface area contributed by atoms with Crippen LogP contribution in [0.2, 0.25) is 0 Å². The van der Waals surface area contributed by atoms with E-state index in [2.05, 4.69) is 14.4 Å². The number of nitrogens with one attached hydrogen (secondary N) is 2. The fraction of sp³-hybridized carbons (Fsp3) is 0.455. The smallest absolute Gasteiger partial charge is 0.354 e. The zero-order valence-electron chi connectivity index (χ0n) is 11.0. The number of carboxylic acids is 1. The second kappa shape index (κ2) is 6.53. The standard InChI is InChI=1S/C11H16N2O6S/c1-3-4-8(10(14)15)13-20(17,18)7-5-9(12-6-7)11(16)19-2/h5-6,8,12-13H,3-4H2,1-2H3,(H,14,15). The Morgan fingerprint density at radius 2 is 2.15 bits per heavy atom. The first-order valence-corrected chi connectivity index (χ1v) is 7.32. The molecule has 20 heavy (non-hydrogen) atoms. The Bertz CT molecular complexity index is 592. The molecular weight excluding hydrogens is 288 g/mol. The molecule has 0 bridgehead atoms. The topological polar surface area (TPSA) is 126 Å². The number of carbonyl (C=O) groups is 2. The maximum atomic E-state index is 12.0. The molecule has 0 spiro atoms. The van der Waals surface area contributed by atoms with Gasteiger partial charge in [0, 0.05) is 6.20 Å². The molecule has 0 saturated heterocycles. The number of methoxy groups -OCH3 is 1. The highest BCUT2D eigenvalue weighted by molar-refractivity contribution is 7.89. The summed E-state index contributed by atoms with van der Waals surface area (Å²) >= 11 is 0. The Balaban J connectivity index is 2.95. The molecule has 1 rings (SSSR count). The minimum atomic E-state index is -4.02. The van der Waals surface area contributed by atoms with Gasteiger partial charge in [0.15, 0.2) is 0 Å². The van der Waals surface area contributed by atoms with Crippen LogP contribution in [0, 0.1) is 0 Å². The molecule has 0 fully saturated rings. The van der Waals surface area contributed by atoms with Crippen molar-refractivity contribution in [2.24, 2.45) is 0 Å². The van der Waals surface area contributed by atoms with Gasteiger partial charge in [-0.15, -0.1) is 0 Å². The van der Waals surface area contributed by atoms with Crippen molar-refractivity contribution in [2.75, 3.05) is 7.11 Å². The van der Waals surface area contributed by atoms with Crippen molar-refractivity contribution < 1.29 is 27.9 Å². The lowest BCUT2D eigenvalue weighted by Gasteiger charge is -2.12. The van der Waals surface area contributed by atoms with Gasteiger partial charge in [-0.1, -0.05) is 13.3 Å². The molecule has 0 saturated carbocycles. The number of H-pyrrole nitrogens is 1. The van der Waals surface area contributed by atoms with Crippen molar-refractivity contribution in [1.82, 2.24) is 9.71 Å². The summed E-state index contributed by atoms with van der Waals surface area (Å²) < 4.78 is 30.5. The summed E-state index contributed by atoms with van der Waals surface area (Å²) in [7, 11) is -2.85. The largest absolute Gasteiger partial charge is 0.480 e. The minimum absolute atomic E-state index is 0.0322. The monoisotopic (exact) mass is 304 g/mol. The summed E-state index contributed by atoms with van der Waals surface area (Å²) in [6.45, 7) is 1.75. The number of hydrogen-bond donors (Lipinski definition) is 3. The van der Waals surface area contributed by atoms with Crippen LogP contribution in [0.4, 0.5) is 0 Å². The second-order valence-electron chi connectivity index (χ2n) is 4.04. The van der Waals surface area contributed by atoms with E-state index in [-0.39, 0.29) is 17.0 Å². The van der Waals surface area contributed by atoms with Gasteiger partial charge >= 0.3 is 11.9 Å². The van der Waals surface area contributed by atoms with Crippen molar-refractivity contribution in [3.05, 3.63) is 18.0 Å². The van der Waals surface area contributed by atoms with E-state index in [1.54, 1.807) is 6.92 Å². The SMILES string of the molecule is CCCC(NS(=O)(=O)c1c[nH]c(C(=O)OC)c1)C(=O)O. The van der Waals surface area contributed by atoms with Gasteiger partial charge in [0.25, 0.3) is 0 Å². The van der Waals surface area contributed by atoms with Crippen LogP contribution < -0.4 is 4.72 Å². The number of carboxylic acid groups (broad SMARTS) is 1. The van der Waals surface area contributed by atoms with Gasteiger partial charge in [-0.3, -0.25) is 4.79 Å². The molecule has 0 aliphatic carbocycles. The fourth-order valence-electron chi connectivity index (χ4n) is 1.53. The average Bonchev–Trinajstić information content (AvgIpc) is 2.87. The normalized spacial score (nSPS) is 12.9. The molecule has 3 N–H and O–H groups in total. The van der Waals surface area contributed by atoms with Gasteiger partial charge in [0.05, 0.1) is 7.11 Å². The number of ether oxygens (including phenoxy) is 1. The Labute approximate surface area is 116 Å². The molecule has 0 aliphatic rings. The molecule has 1 unspecified atom stereocenters. The zero-order chi connectivity index (χ0) is 15.3. The van der Waals surface area contributed by atoms with E-state index in [4.69, 9.17) is 5.11 Å². The lowest BCUT2D eigenvalue weighted by molar-refractivity contribution is -0.139. The molecular formula is C11H16N2O6S. The number of hydrogen-bond acceptors (Lipinski definition) is 5. The quantitative estimate of drug-likeness (QED) is 0.623. The Hall–Kier alpha value is -1.87. The molecule has 112 valence electrons. The number of carbonyl (C=O) groups excluding carboxylic acids is 1. The van der Waals surface area contributed by atoms with Crippen LogP contribution >= 0.6 is 0 Å². The van der Waals surface area contributed by atoms with E-state index < -0.39 is 28.0 Å². The molecule has 9 heteroatoms. The van der Waals surface area contributed by atoms with Crippen molar-refractivity contribution >= 4 is 22.0 Å². The molecule has 0 amide bonds. The predicted molar refractivity (Wildman–Crippen MR) is 68.8 cm³/mol. The number of esters is 1. The molecule has 1 aromatic rings. The lowest BCUT2D eigenvalue weighted by Crippen LogP contribution is -2.40. The first-order chi connectivity index (χ1) is 9.31. The molecule has 0 aliphatic heterocycles. The average molecular weight is 304 g/mol. The number of aromatic amines is 1. The fourth-order valence-corrected chi connectivity index (χ4v) is 2.75. The maximum Gasteiger partial charge on any atom is 0.354 e. The van der Waals surface area contributed by atoms with Crippen LogP contribution in [0.1, 0.15) is 30.3 Å². The first kappa shape index (κ1) is 16.2. The van der Waals surface area contributed by atoms with Crippen LogP contribution in [0.25, 0.3) is 0 Å². The number of aliphatic carboxylic acids is 1. The molecule has 1 aromatic heterocycles. The van der Waals surface area contributed by atoms with E-state index in [9.17, 15) is 18.0 Å². The van der Waals surface area contributed by atoms with Crippen molar-refractivity contribution in [3.8, 4) is 0 Å². The molecule has 0 aromatic carbocycles. The number of sulfonamides is 1. The summed E-state index contributed by atoms with van der Waals surface area (Å²) in [6.07, 6.45) is 1.78. The van der Waals surface area contributed by atoms with Crippen LogP contribution in [-0.2, 0) is 19.6 Å². The summed E-state index contributed by atoms with van der Waals surface area (Å²) in [5.74, 6) is -1.96. The third-order valence-corrected chi connectivity index (χ3v) is 4.00. The summed E-state index contributed by atoms with van der Waals surface area (Å²) in [5, 5.41) is 8.94. The van der Waals surface area contributed by atoms with E-state index in [1.165, 1.54) is 0 Å². The zero-order valence-corrected chi connectivity index (χ0v) is 11.9. The third-order valence-electron chi connectivity index (χ3n) is 2.54. The van der Waals surface area contributed by atoms with Gasteiger partial charge < -0.3 is 14.8 Å². The Morgan fingerprint density at radius 3 is 2.65 bits per heavy atom. The highest BCUT2D eigenvalue weighted by Crippen LogP contribution is 2.13. The van der Waals surface area contributed by atoms with E-state index in [0.29, 0.717) is 6.42 Å². The molecule has 8 nitrogen and oxygen atoms in total. The maximum absolute atomic E-state index is 12.0. The van der Waals surface area contributed by atoms with Crippen LogP contribution in [0.5, 0.6) is 0 Å². The van der Waals surface area contributed by atoms with Gasteiger partial charge in [0.1, 0.15) is 16.6 Å². The van der Waals surface area contributed by atoms with Crippen molar-refractivity contribution in [1.29, 1.82) is 0 Å². The summed E-state index contributed by atoms with van der Waals surface area (Å²) in [4.78, 5) is 24.4. The summed E-state index contributed by atoms with van der Waals surface area (Å²) in [5.41, 5.74) is -0.0322. The van der Waals surface area contributed by atoms with Crippen LogP contribution in [0.15, 0.2) is 17.2 Å². The van der Waals surface area contributed by atoms with Crippen molar-refractivity contribution in [2.45, 2.75) is 30.7 Å². The van der Waals surface area contributed by atoms with Gasteiger partial charge in [0.2, 0.25) is 10.0 Å². The predicted octanol–water partition coefficient (Wildman–Crippen LogP) is 0.333. The minimum Gasteiger partial charge on any atom is -0.480 e. The number of rotatable bonds is 7. The Kier molecular flexibility index (Phi) is 5.28. The van der Waals surface area contributed by atoms with Crippen LogP contribution in [0.3, 0.4) is 0 Å². The van der Waals surface area contributed by atoms with Gasteiger partial charge in [-0.25, -0.2) is 13.2 Å². The van der Waals surface area contributed by atoms with E-state index in [1.807, 2.05) is 0 Å².